The third-order valence-corrected chi connectivity index (χ3v) is 3.44. The highest BCUT2D eigenvalue weighted by Crippen LogP contribution is 2.28. The zero-order valence-corrected chi connectivity index (χ0v) is 12.4. The van der Waals surface area contributed by atoms with Crippen LogP contribution < -0.4 is 21.1 Å². The summed E-state index contributed by atoms with van der Waals surface area (Å²) in [6.45, 7) is 2.47. The molecule has 0 spiro atoms. The molecule has 0 heterocycles. The van der Waals surface area contributed by atoms with Crippen molar-refractivity contribution in [2.24, 2.45) is 0 Å². The van der Waals surface area contributed by atoms with E-state index in [2.05, 4.69) is 10.6 Å². The summed E-state index contributed by atoms with van der Waals surface area (Å²) in [5, 5.41) is 4.82. The van der Waals surface area contributed by atoms with Crippen molar-refractivity contribution >= 4 is 29.4 Å². The molecule has 1 aromatic rings. The molecular weight excluding hydrogens is 278 g/mol. The van der Waals surface area contributed by atoms with Gasteiger partial charge in [-0.2, -0.15) is 0 Å². The minimum Gasteiger partial charge on any atom is -0.497 e. The molecule has 1 rings (SSSR count). The van der Waals surface area contributed by atoms with E-state index in [4.69, 9.17) is 10.5 Å². The number of imide groups is 1. The zero-order chi connectivity index (χ0) is 15.0. The molecule has 0 aromatic heterocycles. The van der Waals surface area contributed by atoms with Gasteiger partial charge in [0.05, 0.1) is 12.9 Å². The van der Waals surface area contributed by atoms with Crippen LogP contribution in [-0.4, -0.2) is 31.3 Å². The van der Waals surface area contributed by atoms with Crippen molar-refractivity contribution in [2.75, 3.05) is 25.1 Å². The normalized spacial score (nSPS) is 9.90. The van der Waals surface area contributed by atoms with Gasteiger partial charge in [0, 0.05) is 17.1 Å². The summed E-state index contributed by atoms with van der Waals surface area (Å²) in [5.41, 5.74) is 6.38. The quantitative estimate of drug-likeness (QED) is 0.548. The molecular formula is C13H19N3O3S. The van der Waals surface area contributed by atoms with E-state index in [1.54, 1.807) is 25.3 Å². The molecule has 0 aliphatic heterocycles. The summed E-state index contributed by atoms with van der Waals surface area (Å²) < 4.78 is 5.09. The van der Waals surface area contributed by atoms with Crippen molar-refractivity contribution in [2.45, 2.75) is 18.2 Å². The highest BCUT2D eigenvalue weighted by atomic mass is 32.2. The van der Waals surface area contributed by atoms with E-state index < -0.39 is 6.03 Å². The first kappa shape index (κ1) is 16.2. The van der Waals surface area contributed by atoms with Gasteiger partial charge in [0.15, 0.2) is 0 Å². The predicted molar refractivity (Wildman–Crippen MR) is 80.0 cm³/mol. The maximum absolute atomic E-state index is 11.6. The maximum atomic E-state index is 11.6. The van der Waals surface area contributed by atoms with Crippen molar-refractivity contribution in [3.8, 4) is 5.75 Å². The second-order valence-corrected chi connectivity index (χ2v) is 5.01. The Kier molecular flexibility index (Phi) is 6.72. The molecule has 20 heavy (non-hydrogen) atoms. The number of carbonyl (C=O) groups excluding carboxylic acids is 2. The summed E-state index contributed by atoms with van der Waals surface area (Å²) >= 11 is 1.25. The Morgan fingerprint density at radius 1 is 1.40 bits per heavy atom. The van der Waals surface area contributed by atoms with E-state index in [1.807, 2.05) is 6.92 Å². The first-order valence-corrected chi connectivity index (χ1v) is 7.19. The number of anilines is 1. The van der Waals surface area contributed by atoms with Crippen LogP contribution in [0.4, 0.5) is 10.5 Å². The van der Waals surface area contributed by atoms with E-state index in [-0.39, 0.29) is 11.7 Å². The molecule has 0 fully saturated rings. The van der Waals surface area contributed by atoms with Gasteiger partial charge in [-0.25, -0.2) is 4.79 Å². The lowest BCUT2D eigenvalue weighted by Crippen LogP contribution is -2.40. The standard InChI is InChI=1S/C13H19N3O3S/c1-3-6-15-13(18)16-12(17)8-20-11-7-9(19-2)4-5-10(11)14/h4-5,7H,3,6,8,14H2,1-2H3,(H2,15,16,17,18). The van der Waals surface area contributed by atoms with Crippen molar-refractivity contribution in [1.29, 1.82) is 0 Å². The number of methoxy groups -OCH3 is 1. The Morgan fingerprint density at radius 3 is 2.80 bits per heavy atom. The van der Waals surface area contributed by atoms with Gasteiger partial charge in [0.2, 0.25) is 5.91 Å². The SMILES string of the molecule is CCCNC(=O)NC(=O)CSc1cc(OC)ccc1N. The van der Waals surface area contributed by atoms with E-state index in [1.165, 1.54) is 11.8 Å². The molecule has 0 radical (unpaired) electrons. The fourth-order valence-corrected chi connectivity index (χ4v) is 2.15. The summed E-state index contributed by atoms with van der Waals surface area (Å²) in [5.74, 6) is 0.408. The average molecular weight is 297 g/mol. The highest BCUT2D eigenvalue weighted by Gasteiger charge is 2.09. The summed E-state index contributed by atoms with van der Waals surface area (Å²) in [6.07, 6.45) is 0.816. The topological polar surface area (TPSA) is 93.5 Å². The number of rotatable bonds is 6. The van der Waals surface area contributed by atoms with E-state index in [0.717, 1.165) is 11.3 Å². The fourth-order valence-electron chi connectivity index (χ4n) is 1.36. The Balaban J connectivity index is 2.46. The van der Waals surface area contributed by atoms with Crippen LogP contribution in [0.3, 0.4) is 0 Å². The Labute approximate surface area is 122 Å². The third-order valence-electron chi connectivity index (χ3n) is 2.37. The molecule has 0 unspecified atom stereocenters. The van der Waals surface area contributed by atoms with Gasteiger partial charge >= 0.3 is 6.03 Å². The van der Waals surface area contributed by atoms with Crippen LogP contribution in [0.2, 0.25) is 0 Å². The number of carbonyl (C=O) groups is 2. The van der Waals surface area contributed by atoms with Gasteiger partial charge in [-0.15, -0.1) is 11.8 Å². The Hall–Kier alpha value is -1.89. The number of ether oxygens (including phenoxy) is 1. The second kappa shape index (κ2) is 8.31. The lowest BCUT2D eigenvalue weighted by molar-refractivity contribution is -0.117. The molecule has 6 nitrogen and oxygen atoms in total. The van der Waals surface area contributed by atoms with E-state index in [9.17, 15) is 9.59 Å². The second-order valence-electron chi connectivity index (χ2n) is 4.00. The van der Waals surface area contributed by atoms with Crippen LogP contribution in [0, 0.1) is 0 Å². The summed E-state index contributed by atoms with van der Waals surface area (Å²) in [7, 11) is 1.56. The Morgan fingerprint density at radius 2 is 2.15 bits per heavy atom. The Bertz CT molecular complexity index is 480. The van der Waals surface area contributed by atoms with Crippen LogP contribution in [-0.2, 0) is 4.79 Å². The van der Waals surface area contributed by atoms with Gasteiger partial charge in [-0.3, -0.25) is 10.1 Å². The number of urea groups is 1. The molecule has 1 aromatic carbocycles. The number of nitrogen functional groups attached to an aromatic ring is 1. The molecule has 0 saturated carbocycles. The van der Waals surface area contributed by atoms with Crippen molar-refractivity contribution < 1.29 is 14.3 Å². The minimum atomic E-state index is -0.476. The lowest BCUT2D eigenvalue weighted by atomic mass is 10.3. The molecule has 0 saturated heterocycles. The number of hydrogen-bond donors (Lipinski definition) is 3. The predicted octanol–water partition coefficient (Wildman–Crippen LogP) is 1.61. The van der Waals surface area contributed by atoms with E-state index >= 15 is 0 Å². The first-order valence-electron chi connectivity index (χ1n) is 6.20. The third kappa shape index (κ3) is 5.40. The largest absolute Gasteiger partial charge is 0.497 e. The van der Waals surface area contributed by atoms with Crippen LogP contribution in [0.25, 0.3) is 0 Å². The fraction of sp³-hybridized carbons (Fsp3) is 0.385. The number of nitrogens with two attached hydrogens (primary N) is 1. The molecule has 0 atom stereocenters. The van der Waals surface area contributed by atoms with E-state index in [0.29, 0.717) is 18.0 Å². The number of thioether (sulfide) groups is 1. The number of nitrogens with one attached hydrogen (secondary N) is 2. The maximum Gasteiger partial charge on any atom is 0.321 e. The molecule has 7 heteroatoms. The van der Waals surface area contributed by atoms with Crippen molar-refractivity contribution in [1.82, 2.24) is 10.6 Å². The molecule has 110 valence electrons. The monoisotopic (exact) mass is 297 g/mol. The molecule has 0 aliphatic carbocycles. The lowest BCUT2D eigenvalue weighted by Gasteiger charge is -2.08. The zero-order valence-electron chi connectivity index (χ0n) is 11.6. The molecule has 0 aliphatic rings. The summed E-state index contributed by atoms with van der Waals surface area (Å²) in [4.78, 5) is 23.6. The molecule has 0 bridgehead atoms. The van der Waals surface area contributed by atoms with Gasteiger partial charge in [0.25, 0.3) is 0 Å². The average Bonchev–Trinajstić information content (AvgIpc) is 2.44. The van der Waals surface area contributed by atoms with Gasteiger partial charge in [-0.1, -0.05) is 6.92 Å². The minimum absolute atomic E-state index is 0.108. The smallest absolute Gasteiger partial charge is 0.321 e. The van der Waals surface area contributed by atoms with Crippen LogP contribution in [0.15, 0.2) is 23.1 Å². The highest BCUT2D eigenvalue weighted by molar-refractivity contribution is 8.00. The van der Waals surface area contributed by atoms with Crippen LogP contribution in [0.5, 0.6) is 5.75 Å². The number of amides is 3. The number of benzene rings is 1. The first-order chi connectivity index (χ1) is 9.56. The molecule has 4 N–H and O–H groups in total. The summed E-state index contributed by atoms with van der Waals surface area (Å²) in [6, 6.07) is 4.74. The number of hydrogen-bond acceptors (Lipinski definition) is 5. The van der Waals surface area contributed by atoms with Gasteiger partial charge in [-0.05, 0) is 24.6 Å². The van der Waals surface area contributed by atoms with Crippen molar-refractivity contribution in [3.05, 3.63) is 18.2 Å². The van der Waals surface area contributed by atoms with Crippen molar-refractivity contribution in [3.63, 3.8) is 0 Å². The van der Waals surface area contributed by atoms with Crippen LogP contribution >= 0.6 is 11.8 Å². The van der Waals surface area contributed by atoms with Gasteiger partial charge < -0.3 is 15.8 Å². The van der Waals surface area contributed by atoms with Crippen LogP contribution in [0.1, 0.15) is 13.3 Å². The molecule has 3 amide bonds. The van der Waals surface area contributed by atoms with Gasteiger partial charge in [0.1, 0.15) is 5.75 Å².